The van der Waals surface area contributed by atoms with Crippen LogP contribution in [-0.2, 0) is 16.4 Å². The fourth-order valence-electron chi connectivity index (χ4n) is 1.39. The van der Waals surface area contributed by atoms with Crippen LogP contribution in [0.3, 0.4) is 0 Å². The van der Waals surface area contributed by atoms with Crippen LogP contribution in [0.4, 0.5) is 0 Å². The molecule has 1 aromatic rings. The molecule has 0 amide bonds. The predicted octanol–water partition coefficient (Wildman–Crippen LogP) is 0.233. The molecule has 0 aliphatic rings. The van der Waals surface area contributed by atoms with Gasteiger partial charge in [0.2, 0.25) is 10.0 Å². The summed E-state index contributed by atoms with van der Waals surface area (Å²) in [5, 5.41) is -0.537. The summed E-state index contributed by atoms with van der Waals surface area (Å²) in [6.45, 7) is 2.22. The van der Waals surface area contributed by atoms with Gasteiger partial charge >= 0.3 is 0 Å². The van der Waals surface area contributed by atoms with Crippen molar-refractivity contribution in [3.8, 4) is 0 Å². The Morgan fingerprint density at radius 2 is 2.00 bits per heavy atom. The minimum Gasteiger partial charge on any atom is -0.329 e. The lowest BCUT2D eigenvalue weighted by molar-refractivity contribution is 0.463. The molecule has 0 saturated heterocycles. The third kappa shape index (κ3) is 3.76. The molecule has 1 heterocycles. The predicted molar refractivity (Wildman–Crippen MR) is 68.0 cm³/mol. The first kappa shape index (κ1) is 14.1. The number of aromatic nitrogens is 1. The molecule has 0 aliphatic carbocycles. The first-order valence-electron chi connectivity index (χ1n) is 5.52. The Morgan fingerprint density at radius 3 is 2.53 bits per heavy atom. The summed E-state index contributed by atoms with van der Waals surface area (Å²) >= 11 is 0. The Morgan fingerprint density at radius 1 is 1.41 bits per heavy atom. The SMILES string of the molecule is CC(CN)S(=O)(=O)N(C)CCc1ccncc1. The van der Waals surface area contributed by atoms with Gasteiger partial charge in [-0.05, 0) is 31.0 Å². The normalized spacial score (nSPS) is 13.9. The highest BCUT2D eigenvalue weighted by atomic mass is 32.2. The monoisotopic (exact) mass is 257 g/mol. The molecule has 5 nitrogen and oxygen atoms in total. The lowest BCUT2D eigenvalue weighted by Gasteiger charge is -2.20. The van der Waals surface area contributed by atoms with Crippen LogP contribution in [0.2, 0.25) is 0 Å². The zero-order valence-corrected chi connectivity index (χ0v) is 11.0. The number of pyridine rings is 1. The number of nitrogens with two attached hydrogens (primary N) is 1. The third-order valence-electron chi connectivity index (χ3n) is 2.74. The molecule has 96 valence electrons. The van der Waals surface area contributed by atoms with Crippen molar-refractivity contribution in [1.29, 1.82) is 0 Å². The minimum absolute atomic E-state index is 0.141. The first-order chi connectivity index (χ1) is 7.98. The van der Waals surface area contributed by atoms with Crippen LogP contribution in [0.25, 0.3) is 0 Å². The zero-order valence-electron chi connectivity index (χ0n) is 10.2. The Bertz CT molecular complexity index is 433. The molecule has 0 aromatic carbocycles. The molecule has 0 fully saturated rings. The van der Waals surface area contributed by atoms with Gasteiger partial charge in [-0.15, -0.1) is 0 Å². The number of rotatable bonds is 6. The Labute approximate surface area is 103 Å². The van der Waals surface area contributed by atoms with Crippen molar-refractivity contribution < 1.29 is 8.42 Å². The van der Waals surface area contributed by atoms with Crippen molar-refractivity contribution in [3.63, 3.8) is 0 Å². The molecule has 0 saturated carbocycles. The standard InChI is InChI=1S/C11H19N3O2S/c1-10(9-12)17(15,16)14(2)8-5-11-3-6-13-7-4-11/h3-4,6-7,10H,5,8-9,12H2,1-2H3. The molecule has 6 heteroatoms. The van der Waals surface area contributed by atoms with Gasteiger partial charge < -0.3 is 5.73 Å². The molecule has 1 aromatic heterocycles. The summed E-state index contributed by atoms with van der Waals surface area (Å²) in [6.07, 6.45) is 4.08. The molecule has 2 N–H and O–H groups in total. The average Bonchev–Trinajstić information content (AvgIpc) is 2.35. The van der Waals surface area contributed by atoms with Gasteiger partial charge in [0, 0.05) is 32.5 Å². The van der Waals surface area contributed by atoms with Gasteiger partial charge in [-0.1, -0.05) is 0 Å². The van der Waals surface area contributed by atoms with Crippen molar-refractivity contribution in [2.75, 3.05) is 20.1 Å². The smallest absolute Gasteiger partial charge is 0.217 e. The van der Waals surface area contributed by atoms with Crippen LogP contribution < -0.4 is 5.73 Å². The number of sulfonamides is 1. The van der Waals surface area contributed by atoms with Crippen LogP contribution in [0.15, 0.2) is 24.5 Å². The number of hydrogen-bond acceptors (Lipinski definition) is 4. The van der Waals surface area contributed by atoms with Crippen molar-refractivity contribution >= 4 is 10.0 Å². The Kier molecular flexibility index (Phi) is 5.04. The summed E-state index contributed by atoms with van der Waals surface area (Å²) in [5.41, 5.74) is 6.46. The van der Waals surface area contributed by atoms with E-state index in [0.29, 0.717) is 13.0 Å². The molecule has 1 rings (SSSR count). The fraction of sp³-hybridized carbons (Fsp3) is 0.545. The van der Waals surface area contributed by atoms with Gasteiger partial charge in [0.05, 0.1) is 5.25 Å². The largest absolute Gasteiger partial charge is 0.329 e. The first-order valence-corrected chi connectivity index (χ1v) is 7.03. The summed E-state index contributed by atoms with van der Waals surface area (Å²) < 4.78 is 25.2. The van der Waals surface area contributed by atoms with E-state index in [1.54, 1.807) is 26.4 Å². The molecule has 0 bridgehead atoms. The average molecular weight is 257 g/mol. The van der Waals surface area contributed by atoms with Gasteiger partial charge in [0.25, 0.3) is 0 Å². The van der Waals surface area contributed by atoms with Gasteiger partial charge in [-0.3, -0.25) is 4.98 Å². The fourth-order valence-corrected chi connectivity index (χ4v) is 2.60. The second-order valence-electron chi connectivity index (χ2n) is 4.02. The summed E-state index contributed by atoms with van der Waals surface area (Å²) in [5.74, 6) is 0. The van der Waals surface area contributed by atoms with Gasteiger partial charge in [-0.2, -0.15) is 0 Å². The second-order valence-corrected chi connectivity index (χ2v) is 6.48. The van der Waals surface area contributed by atoms with Crippen LogP contribution in [0.1, 0.15) is 12.5 Å². The Balaban J connectivity index is 2.59. The number of likely N-dealkylation sites (N-methyl/N-ethyl adjacent to an activating group) is 1. The van der Waals surface area contributed by atoms with Crippen molar-refractivity contribution in [2.45, 2.75) is 18.6 Å². The number of nitrogens with zero attached hydrogens (tertiary/aromatic N) is 2. The van der Waals surface area contributed by atoms with E-state index in [4.69, 9.17) is 5.73 Å². The summed E-state index contributed by atoms with van der Waals surface area (Å²) in [4.78, 5) is 3.91. The third-order valence-corrected chi connectivity index (χ3v) is 5.00. The van der Waals surface area contributed by atoms with E-state index in [1.165, 1.54) is 4.31 Å². The summed E-state index contributed by atoms with van der Waals surface area (Å²) in [6, 6.07) is 3.76. The molecule has 1 unspecified atom stereocenters. The maximum atomic E-state index is 11.9. The highest BCUT2D eigenvalue weighted by Gasteiger charge is 2.24. The molecule has 0 radical (unpaired) electrons. The van der Waals surface area contributed by atoms with E-state index >= 15 is 0 Å². The van der Waals surface area contributed by atoms with E-state index in [0.717, 1.165) is 5.56 Å². The van der Waals surface area contributed by atoms with Crippen molar-refractivity contribution in [3.05, 3.63) is 30.1 Å². The lowest BCUT2D eigenvalue weighted by atomic mass is 10.2. The van der Waals surface area contributed by atoms with Crippen molar-refractivity contribution in [1.82, 2.24) is 9.29 Å². The molecule has 0 aliphatic heterocycles. The molecular weight excluding hydrogens is 238 g/mol. The topological polar surface area (TPSA) is 76.3 Å². The van der Waals surface area contributed by atoms with E-state index in [1.807, 2.05) is 12.1 Å². The zero-order chi connectivity index (χ0) is 12.9. The maximum absolute atomic E-state index is 11.9. The molecular formula is C11H19N3O2S. The van der Waals surface area contributed by atoms with E-state index in [9.17, 15) is 8.42 Å². The highest BCUT2D eigenvalue weighted by molar-refractivity contribution is 7.89. The van der Waals surface area contributed by atoms with Gasteiger partial charge in [0.15, 0.2) is 0 Å². The van der Waals surface area contributed by atoms with Crippen molar-refractivity contribution in [2.24, 2.45) is 5.73 Å². The minimum atomic E-state index is -3.27. The molecule has 1 atom stereocenters. The van der Waals surface area contributed by atoms with E-state index < -0.39 is 15.3 Å². The van der Waals surface area contributed by atoms with Crippen LogP contribution in [0, 0.1) is 0 Å². The van der Waals surface area contributed by atoms with Crippen LogP contribution in [-0.4, -0.2) is 43.1 Å². The molecule has 0 spiro atoms. The quantitative estimate of drug-likeness (QED) is 0.791. The van der Waals surface area contributed by atoms with E-state index in [-0.39, 0.29) is 6.54 Å². The Hall–Kier alpha value is -0.980. The molecule has 17 heavy (non-hydrogen) atoms. The van der Waals surface area contributed by atoms with Crippen LogP contribution >= 0.6 is 0 Å². The lowest BCUT2D eigenvalue weighted by Crippen LogP contribution is -2.39. The van der Waals surface area contributed by atoms with Crippen LogP contribution in [0.5, 0.6) is 0 Å². The number of hydrogen-bond donors (Lipinski definition) is 1. The second kappa shape index (κ2) is 6.09. The van der Waals surface area contributed by atoms with Gasteiger partial charge in [-0.25, -0.2) is 12.7 Å². The maximum Gasteiger partial charge on any atom is 0.217 e. The highest BCUT2D eigenvalue weighted by Crippen LogP contribution is 2.07. The summed E-state index contributed by atoms with van der Waals surface area (Å²) in [7, 11) is -1.68. The van der Waals surface area contributed by atoms with Gasteiger partial charge in [0.1, 0.15) is 0 Å². The van der Waals surface area contributed by atoms with E-state index in [2.05, 4.69) is 4.98 Å².